The van der Waals surface area contributed by atoms with Crippen LogP contribution in [0.1, 0.15) is 17.3 Å². The predicted molar refractivity (Wildman–Crippen MR) is 72.8 cm³/mol. The van der Waals surface area contributed by atoms with Gasteiger partial charge in [-0.05, 0) is 12.1 Å². The highest BCUT2D eigenvalue weighted by Crippen LogP contribution is 2.30. The molecule has 20 heavy (non-hydrogen) atoms. The molecule has 1 aliphatic rings. The van der Waals surface area contributed by atoms with Gasteiger partial charge < -0.3 is 19.6 Å². The topological polar surface area (TPSA) is 70.1 Å². The molecule has 0 unspecified atom stereocenters. The SMILES string of the molecule is COc1cccc(C(=O)N2CCN(C(C)=O)CC2)c1O. The summed E-state index contributed by atoms with van der Waals surface area (Å²) in [6.45, 7) is 3.49. The molecule has 6 heteroatoms. The van der Waals surface area contributed by atoms with Gasteiger partial charge in [0, 0.05) is 33.1 Å². The Labute approximate surface area is 117 Å². The number of hydrogen-bond donors (Lipinski definition) is 1. The molecule has 1 fully saturated rings. The molecule has 1 heterocycles. The zero-order chi connectivity index (χ0) is 14.7. The molecule has 2 amide bonds. The smallest absolute Gasteiger partial charge is 0.257 e. The normalized spacial score (nSPS) is 15.1. The summed E-state index contributed by atoms with van der Waals surface area (Å²) in [5.41, 5.74) is 0.223. The summed E-state index contributed by atoms with van der Waals surface area (Å²) >= 11 is 0. The molecule has 108 valence electrons. The van der Waals surface area contributed by atoms with Crippen LogP contribution in [0.4, 0.5) is 0 Å². The van der Waals surface area contributed by atoms with Gasteiger partial charge in [0.15, 0.2) is 11.5 Å². The molecule has 0 radical (unpaired) electrons. The monoisotopic (exact) mass is 278 g/mol. The average Bonchev–Trinajstić information content (AvgIpc) is 2.47. The number of rotatable bonds is 2. The Balaban J connectivity index is 2.11. The largest absolute Gasteiger partial charge is 0.504 e. The number of nitrogens with zero attached hydrogens (tertiary/aromatic N) is 2. The van der Waals surface area contributed by atoms with E-state index in [4.69, 9.17) is 4.74 Å². The summed E-state index contributed by atoms with van der Waals surface area (Å²) in [6.07, 6.45) is 0. The maximum atomic E-state index is 12.4. The number of carbonyl (C=O) groups is 2. The van der Waals surface area contributed by atoms with E-state index >= 15 is 0 Å². The number of para-hydroxylation sites is 1. The Kier molecular flexibility index (Phi) is 4.12. The van der Waals surface area contributed by atoms with Crippen LogP contribution in [0.25, 0.3) is 0 Å². The van der Waals surface area contributed by atoms with Gasteiger partial charge in [0.05, 0.1) is 12.7 Å². The minimum atomic E-state index is -0.246. The molecule has 1 saturated heterocycles. The molecule has 2 rings (SSSR count). The molecule has 0 atom stereocenters. The van der Waals surface area contributed by atoms with Crippen LogP contribution in [0.3, 0.4) is 0 Å². The Morgan fingerprint density at radius 3 is 2.30 bits per heavy atom. The summed E-state index contributed by atoms with van der Waals surface area (Å²) in [5, 5.41) is 9.99. The van der Waals surface area contributed by atoms with Crippen molar-refractivity contribution in [3.05, 3.63) is 23.8 Å². The molecule has 1 aromatic rings. The fraction of sp³-hybridized carbons (Fsp3) is 0.429. The summed E-state index contributed by atoms with van der Waals surface area (Å²) in [6, 6.07) is 4.83. The highest BCUT2D eigenvalue weighted by Gasteiger charge is 2.25. The van der Waals surface area contributed by atoms with Crippen LogP contribution in [0.15, 0.2) is 18.2 Å². The maximum Gasteiger partial charge on any atom is 0.257 e. The number of methoxy groups -OCH3 is 1. The summed E-state index contributed by atoms with van der Waals surface area (Å²) in [5.74, 6) is -0.0989. The molecular weight excluding hydrogens is 260 g/mol. The lowest BCUT2D eigenvalue weighted by Gasteiger charge is -2.34. The zero-order valence-corrected chi connectivity index (χ0v) is 11.6. The first kappa shape index (κ1) is 14.2. The fourth-order valence-electron chi connectivity index (χ4n) is 2.25. The van der Waals surface area contributed by atoms with Crippen LogP contribution < -0.4 is 4.74 Å². The lowest BCUT2D eigenvalue weighted by atomic mass is 10.1. The molecule has 1 aromatic carbocycles. The van der Waals surface area contributed by atoms with E-state index in [0.29, 0.717) is 26.2 Å². The van der Waals surface area contributed by atoms with Crippen molar-refractivity contribution in [1.29, 1.82) is 0 Å². The lowest BCUT2D eigenvalue weighted by molar-refractivity contribution is -0.130. The van der Waals surface area contributed by atoms with E-state index < -0.39 is 0 Å². The number of benzene rings is 1. The summed E-state index contributed by atoms with van der Waals surface area (Å²) < 4.78 is 5.00. The van der Waals surface area contributed by atoms with E-state index in [1.165, 1.54) is 14.0 Å². The van der Waals surface area contributed by atoms with Gasteiger partial charge in [0.2, 0.25) is 5.91 Å². The minimum absolute atomic E-state index is 0.0151. The number of phenols is 1. The standard InChI is InChI=1S/C14H18N2O4/c1-10(17)15-6-8-16(9-7-15)14(19)11-4-3-5-12(20-2)13(11)18/h3-5,18H,6-9H2,1-2H3. The van der Waals surface area contributed by atoms with Crippen LogP contribution in [0.2, 0.25) is 0 Å². The third kappa shape index (κ3) is 2.68. The van der Waals surface area contributed by atoms with E-state index in [1.807, 2.05) is 0 Å². The number of aromatic hydroxyl groups is 1. The molecule has 0 spiro atoms. The van der Waals surface area contributed by atoms with E-state index in [-0.39, 0.29) is 28.9 Å². The van der Waals surface area contributed by atoms with Crippen LogP contribution in [0, 0.1) is 0 Å². The fourth-order valence-corrected chi connectivity index (χ4v) is 2.25. The van der Waals surface area contributed by atoms with E-state index in [2.05, 4.69) is 0 Å². The third-order valence-corrected chi connectivity index (χ3v) is 3.46. The van der Waals surface area contributed by atoms with Gasteiger partial charge in [-0.25, -0.2) is 0 Å². The Bertz CT molecular complexity index is 522. The van der Waals surface area contributed by atoms with Gasteiger partial charge in [-0.15, -0.1) is 0 Å². The number of ether oxygens (including phenoxy) is 1. The molecule has 0 saturated carbocycles. The van der Waals surface area contributed by atoms with Crippen molar-refractivity contribution in [3.8, 4) is 11.5 Å². The van der Waals surface area contributed by atoms with E-state index in [9.17, 15) is 14.7 Å². The van der Waals surface area contributed by atoms with Crippen LogP contribution in [-0.2, 0) is 4.79 Å². The first-order valence-corrected chi connectivity index (χ1v) is 6.45. The molecule has 0 bridgehead atoms. The molecule has 0 aliphatic carbocycles. The van der Waals surface area contributed by atoms with Crippen molar-refractivity contribution in [2.75, 3.05) is 33.3 Å². The second kappa shape index (κ2) is 5.81. The highest BCUT2D eigenvalue weighted by atomic mass is 16.5. The second-order valence-electron chi connectivity index (χ2n) is 4.65. The van der Waals surface area contributed by atoms with Gasteiger partial charge in [-0.1, -0.05) is 6.07 Å². The van der Waals surface area contributed by atoms with Crippen molar-refractivity contribution >= 4 is 11.8 Å². The number of carbonyl (C=O) groups excluding carboxylic acids is 2. The summed E-state index contributed by atoms with van der Waals surface area (Å²) in [4.78, 5) is 27.0. The van der Waals surface area contributed by atoms with Gasteiger partial charge >= 0.3 is 0 Å². The van der Waals surface area contributed by atoms with Crippen molar-refractivity contribution in [2.45, 2.75) is 6.92 Å². The Hall–Kier alpha value is -2.24. The molecule has 0 aromatic heterocycles. The number of hydrogen-bond acceptors (Lipinski definition) is 4. The van der Waals surface area contributed by atoms with Gasteiger partial charge in [0.25, 0.3) is 5.91 Å². The molecule has 6 nitrogen and oxygen atoms in total. The number of phenolic OH excluding ortho intramolecular Hbond substituents is 1. The zero-order valence-electron chi connectivity index (χ0n) is 11.6. The maximum absolute atomic E-state index is 12.4. The first-order chi connectivity index (χ1) is 9.54. The van der Waals surface area contributed by atoms with Crippen molar-refractivity contribution < 1.29 is 19.4 Å². The Morgan fingerprint density at radius 1 is 1.15 bits per heavy atom. The average molecular weight is 278 g/mol. The molecular formula is C14H18N2O4. The quantitative estimate of drug-likeness (QED) is 0.864. The van der Waals surface area contributed by atoms with Crippen molar-refractivity contribution in [2.24, 2.45) is 0 Å². The third-order valence-electron chi connectivity index (χ3n) is 3.46. The van der Waals surface area contributed by atoms with E-state index in [0.717, 1.165) is 0 Å². The molecule has 1 N–H and O–H groups in total. The van der Waals surface area contributed by atoms with Crippen molar-refractivity contribution in [3.63, 3.8) is 0 Å². The van der Waals surface area contributed by atoms with Crippen LogP contribution >= 0.6 is 0 Å². The first-order valence-electron chi connectivity index (χ1n) is 6.45. The second-order valence-corrected chi connectivity index (χ2v) is 4.65. The predicted octanol–water partition coefficient (Wildman–Crippen LogP) is 0.705. The number of amides is 2. The summed E-state index contributed by atoms with van der Waals surface area (Å²) in [7, 11) is 1.44. The van der Waals surface area contributed by atoms with Crippen LogP contribution in [0.5, 0.6) is 11.5 Å². The highest BCUT2D eigenvalue weighted by molar-refractivity contribution is 5.97. The van der Waals surface area contributed by atoms with Crippen LogP contribution in [-0.4, -0.2) is 60.0 Å². The van der Waals surface area contributed by atoms with Gasteiger partial charge in [-0.3, -0.25) is 9.59 Å². The van der Waals surface area contributed by atoms with E-state index in [1.54, 1.807) is 28.0 Å². The van der Waals surface area contributed by atoms with Gasteiger partial charge in [-0.2, -0.15) is 0 Å². The van der Waals surface area contributed by atoms with Gasteiger partial charge in [0.1, 0.15) is 0 Å². The number of piperazine rings is 1. The molecule has 1 aliphatic heterocycles. The van der Waals surface area contributed by atoms with Crippen molar-refractivity contribution in [1.82, 2.24) is 9.80 Å². The minimum Gasteiger partial charge on any atom is -0.504 e. The lowest BCUT2D eigenvalue weighted by Crippen LogP contribution is -2.50. The Morgan fingerprint density at radius 2 is 1.75 bits per heavy atom.